The number of hydrogen-bond donors (Lipinski definition) is 3. The fourth-order valence-corrected chi connectivity index (χ4v) is 7.58. The van der Waals surface area contributed by atoms with Crippen LogP contribution in [0.4, 0.5) is 4.79 Å². The average molecular weight is 714 g/mol. The number of benzene rings is 1. The molecule has 0 unspecified atom stereocenters. The predicted molar refractivity (Wildman–Crippen MR) is 185 cm³/mol. The number of carbonyl (C=O) groups is 4. The number of nitrogens with one attached hydrogen (secondary N) is 3. The van der Waals surface area contributed by atoms with Crippen LogP contribution in [0.1, 0.15) is 67.2 Å². The number of nitrogens with zero attached hydrogens (tertiary/aromatic N) is 2. The van der Waals surface area contributed by atoms with E-state index in [1.165, 1.54) is 18.1 Å². The lowest BCUT2D eigenvalue weighted by Gasteiger charge is -2.36. The summed E-state index contributed by atoms with van der Waals surface area (Å²) in [5.74, 6) is -1.85. The van der Waals surface area contributed by atoms with Crippen LogP contribution in [0.15, 0.2) is 43.1 Å². The first kappa shape index (κ1) is 36.9. The fraction of sp³-hybridized carbons (Fsp3) is 0.571. The van der Waals surface area contributed by atoms with E-state index in [-0.39, 0.29) is 25.3 Å². The third kappa shape index (κ3) is 7.82. The van der Waals surface area contributed by atoms with Crippen molar-refractivity contribution in [3.63, 3.8) is 0 Å². The van der Waals surface area contributed by atoms with E-state index in [0.717, 1.165) is 5.39 Å². The molecule has 15 heteroatoms. The molecule has 0 radical (unpaired) electrons. The number of methoxy groups -OCH3 is 1. The normalized spacial score (nSPS) is 24.1. The summed E-state index contributed by atoms with van der Waals surface area (Å²) in [5, 5.41) is 6.24. The van der Waals surface area contributed by atoms with Gasteiger partial charge < -0.3 is 29.7 Å². The molecule has 0 bridgehead atoms. The Bertz CT molecular complexity index is 1790. The molecule has 1 saturated heterocycles. The number of likely N-dealkylation sites (tertiary alicyclic amines) is 1. The van der Waals surface area contributed by atoms with E-state index in [2.05, 4.69) is 26.9 Å². The molecule has 3 fully saturated rings. The maximum absolute atomic E-state index is 14.4. The zero-order chi connectivity index (χ0) is 36.8. The molecule has 1 aliphatic heterocycles. The molecule has 5 atom stereocenters. The Balaban J connectivity index is 1.46. The van der Waals surface area contributed by atoms with Crippen LogP contribution in [0.3, 0.4) is 0 Å². The minimum atomic E-state index is -3.90. The van der Waals surface area contributed by atoms with Gasteiger partial charge in [0.15, 0.2) is 0 Å². The monoisotopic (exact) mass is 713 g/mol. The van der Waals surface area contributed by atoms with Crippen molar-refractivity contribution in [3.05, 3.63) is 43.1 Å². The Hall–Kier alpha value is -4.40. The van der Waals surface area contributed by atoms with E-state index in [1.807, 2.05) is 12.1 Å². The van der Waals surface area contributed by atoms with Crippen molar-refractivity contribution in [3.8, 4) is 11.6 Å². The van der Waals surface area contributed by atoms with Crippen molar-refractivity contribution in [2.24, 2.45) is 11.3 Å². The van der Waals surface area contributed by atoms with Crippen molar-refractivity contribution < 1.29 is 41.8 Å². The summed E-state index contributed by atoms with van der Waals surface area (Å²) in [4.78, 5) is 60.8. The minimum absolute atomic E-state index is 0.00488. The molecule has 1 aromatic heterocycles. The number of aromatic nitrogens is 1. The van der Waals surface area contributed by atoms with Gasteiger partial charge in [0.05, 0.1) is 24.3 Å². The summed E-state index contributed by atoms with van der Waals surface area (Å²) in [6.07, 6.45) is 2.59. The fourth-order valence-electron chi connectivity index (χ4n) is 6.22. The molecule has 50 heavy (non-hydrogen) atoms. The van der Waals surface area contributed by atoms with Gasteiger partial charge in [-0.15, -0.1) is 6.58 Å². The molecule has 272 valence electrons. The summed E-state index contributed by atoms with van der Waals surface area (Å²) < 4.78 is 44.9. The second-order valence-electron chi connectivity index (χ2n) is 15.3. The van der Waals surface area contributed by atoms with Crippen LogP contribution in [0, 0.1) is 11.3 Å². The number of ether oxygens (including phenoxy) is 3. The van der Waals surface area contributed by atoms with E-state index >= 15 is 0 Å². The molecule has 3 aliphatic rings. The van der Waals surface area contributed by atoms with Gasteiger partial charge in [-0.05, 0) is 63.0 Å². The van der Waals surface area contributed by atoms with E-state index < -0.39 is 79.7 Å². The molecule has 2 heterocycles. The van der Waals surface area contributed by atoms with Crippen molar-refractivity contribution in [2.75, 3.05) is 13.7 Å². The lowest BCUT2D eigenvalue weighted by Crippen LogP contribution is -2.60. The number of amides is 4. The quantitative estimate of drug-likeness (QED) is 0.293. The molecule has 0 spiro atoms. The smallest absolute Gasteiger partial charge is 0.408 e. The molecular weight excluding hydrogens is 666 g/mol. The number of sulfonamides is 1. The molecule has 5 rings (SSSR count). The zero-order valence-corrected chi connectivity index (χ0v) is 30.4. The van der Waals surface area contributed by atoms with Gasteiger partial charge in [0.1, 0.15) is 35.1 Å². The van der Waals surface area contributed by atoms with Crippen LogP contribution >= 0.6 is 0 Å². The van der Waals surface area contributed by atoms with Gasteiger partial charge in [0.2, 0.25) is 27.7 Å². The van der Waals surface area contributed by atoms with Crippen molar-refractivity contribution in [1.82, 2.24) is 25.2 Å². The average Bonchev–Trinajstić information content (AvgIpc) is 3.95. The van der Waals surface area contributed by atoms with Crippen LogP contribution in [-0.4, -0.2) is 90.3 Å². The van der Waals surface area contributed by atoms with Gasteiger partial charge >= 0.3 is 6.09 Å². The highest BCUT2D eigenvalue weighted by molar-refractivity contribution is 7.91. The second kappa shape index (κ2) is 13.4. The van der Waals surface area contributed by atoms with E-state index in [0.29, 0.717) is 24.0 Å². The number of pyridine rings is 1. The summed E-state index contributed by atoms with van der Waals surface area (Å²) in [7, 11) is -2.37. The van der Waals surface area contributed by atoms with E-state index in [1.54, 1.807) is 59.9 Å². The lowest BCUT2D eigenvalue weighted by molar-refractivity contribution is -0.143. The van der Waals surface area contributed by atoms with Crippen LogP contribution in [-0.2, 0) is 29.1 Å². The number of fused-ring (bicyclic) bond motifs is 1. The van der Waals surface area contributed by atoms with E-state index in [4.69, 9.17) is 14.2 Å². The Kier molecular flexibility index (Phi) is 9.87. The predicted octanol–water partition coefficient (Wildman–Crippen LogP) is 3.20. The number of hydrogen-bond acceptors (Lipinski definition) is 10. The summed E-state index contributed by atoms with van der Waals surface area (Å²) in [5.41, 5.74) is -3.21. The number of carbonyl (C=O) groups excluding carboxylic acids is 4. The Morgan fingerprint density at radius 2 is 1.80 bits per heavy atom. The standard InChI is InChI=1S/C35H47N5O9S/c1-9-21-18-35(21,31(43)39-50(45,46)23-13-14-23)38-28(41)24-17-22(48-29-26-20(15-16-36-29)11-10-12-25(26)47-8)19-40(24)30(42)27(33(2,3)4)37-32(44)49-34(5,6)7/h9-12,15-16,21-24,27H,1,13-14,17-19H2,2-8H3,(H,37,44)(H,38,41)(H,39,43)/t21-,22-,24-,27-,35-/m1/s1. The largest absolute Gasteiger partial charge is 0.496 e. The summed E-state index contributed by atoms with van der Waals surface area (Å²) >= 11 is 0. The molecule has 3 N–H and O–H groups in total. The van der Waals surface area contributed by atoms with Crippen LogP contribution in [0.5, 0.6) is 11.6 Å². The van der Waals surface area contributed by atoms with Crippen LogP contribution in [0.25, 0.3) is 10.8 Å². The summed E-state index contributed by atoms with van der Waals surface area (Å²) in [6, 6.07) is 5.01. The lowest BCUT2D eigenvalue weighted by atomic mass is 9.85. The van der Waals surface area contributed by atoms with Gasteiger partial charge in [-0.25, -0.2) is 18.2 Å². The molecule has 2 aromatic rings. The first-order valence-electron chi connectivity index (χ1n) is 16.7. The highest BCUT2D eigenvalue weighted by Crippen LogP contribution is 2.45. The molecule has 2 aliphatic carbocycles. The van der Waals surface area contributed by atoms with Gasteiger partial charge in [-0.2, -0.15) is 0 Å². The SMILES string of the molecule is C=C[C@@H]1C[C@]1(NC(=O)[C@H]1C[C@@H](Oc2nccc3cccc(OC)c23)CN1C(=O)[C@@H](NC(=O)OC(C)(C)C)C(C)(C)C)C(=O)NS(=O)(=O)C1CC1. The first-order valence-corrected chi connectivity index (χ1v) is 18.2. The van der Waals surface area contributed by atoms with Crippen molar-refractivity contribution in [2.45, 2.75) is 102 Å². The maximum atomic E-state index is 14.4. The zero-order valence-electron chi connectivity index (χ0n) is 29.6. The second-order valence-corrected chi connectivity index (χ2v) is 17.2. The topological polar surface area (TPSA) is 182 Å². The Labute approximate surface area is 292 Å². The van der Waals surface area contributed by atoms with Gasteiger partial charge in [0, 0.05) is 18.5 Å². The van der Waals surface area contributed by atoms with Gasteiger partial charge in [-0.3, -0.25) is 19.1 Å². The molecule has 4 amide bonds. The molecule has 2 saturated carbocycles. The van der Waals surface area contributed by atoms with Crippen molar-refractivity contribution >= 4 is 44.6 Å². The molecular formula is C35H47N5O9S. The highest BCUT2D eigenvalue weighted by atomic mass is 32.2. The third-order valence-corrected chi connectivity index (χ3v) is 10.9. The Morgan fingerprint density at radius 1 is 1.10 bits per heavy atom. The highest BCUT2D eigenvalue weighted by Gasteiger charge is 2.62. The number of rotatable bonds is 11. The van der Waals surface area contributed by atoms with Gasteiger partial charge in [-0.1, -0.05) is 39.0 Å². The third-order valence-electron chi connectivity index (χ3n) is 9.09. The first-order chi connectivity index (χ1) is 23.3. The maximum Gasteiger partial charge on any atom is 0.408 e. The summed E-state index contributed by atoms with van der Waals surface area (Å²) in [6.45, 7) is 14.1. The Morgan fingerprint density at radius 3 is 2.38 bits per heavy atom. The van der Waals surface area contributed by atoms with Crippen molar-refractivity contribution in [1.29, 1.82) is 0 Å². The minimum Gasteiger partial charge on any atom is -0.496 e. The van der Waals surface area contributed by atoms with E-state index in [9.17, 15) is 27.6 Å². The molecule has 1 aromatic carbocycles. The van der Waals surface area contributed by atoms with Crippen LogP contribution < -0.4 is 24.8 Å². The van der Waals surface area contributed by atoms with Crippen LogP contribution in [0.2, 0.25) is 0 Å². The molecule has 14 nitrogen and oxygen atoms in total. The van der Waals surface area contributed by atoms with Gasteiger partial charge in [0.25, 0.3) is 5.91 Å². The number of alkyl carbamates (subject to hydrolysis) is 1.